The van der Waals surface area contributed by atoms with Gasteiger partial charge in [0.05, 0.1) is 11.0 Å². The van der Waals surface area contributed by atoms with E-state index < -0.39 is 0 Å². The van der Waals surface area contributed by atoms with Gasteiger partial charge in [0.25, 0.3) is 0 Å². The molecule has 0 amide bonds. The van der Waals surface area contributed by atoms with E-state index >= 15 is 0 Å². The highest BCUT2D eigenvalue weighted by Gasteiger charge is 2.14. The van der Waals surface area contributed by atoms with Gasteiger partial charge in [-0.15, -0.1) is 0 Å². The number of nitrogens with one attached hydrogen (secondary N) is 2. The van der Waals surface area contributed by atoms with E-state index in [1.165, 1.54) is 24.9 Å². The van der Waals surface area contributed by atoms with Crippen molar-refractivity contribution in [3.63, 3.8) is 0 Å². The lowest BCUT2D eigenvalue weighted by Gasteiger charge is -2.09. The Hall–Kier alpha value is -1.35. The topological polar surface area (TPSA) is 40.7 Å². The highest BCUT2D eigenvalue weighted by atomic mass is 14.9. The van der Waals surface area contributed by atoms with Crippen LogP contribution in [0.25, 0.3) is 11.0 Å². The van der Waals surface area contributed by atoms with E-state index in [9.17, 15) is 0 Å². The van der Waals surface area contributed by atoms with Gasteiger partial charge in [-0.1, -0.05) is 0 Å². The van der Waals surface area contributed by atoms with Crippen LogP contribution in [-0.4, -0.2) is 22.6 Å². The second kappa shape index (κ2) is 3.66. The predicted molar refractivity (Wildman–Crippen MR) is 60.8 cm³/mol. The quantitative estimate of drug-likeness (QED) is 0.778. The van der Waals surface area contributed by atoms with Crippen molar-refractivity contribution in [2.24, 2.45) is 0 Å². The molecule has 1 saturated heterocycles. The molecule has 0 aliphatic carbocycles. The molecule has 78 valence electrons. The Kier molecular flexibility index (Phi) is 2.18. The van der Waals surface area contributed by atoms with Gasteiger partial charge in [-0.25, -0.2) is 0 Å². The number of pyridine rings is 1. The van der Waals surface area contributed by atoms with Crippen LogP contribution in [0.1, 0.15) is 18.4 Å². The van der Waals surface area contributed by atoms with Crippen molar-refractivity contribution in [2.75, 3.05) is 6.54 Å². The van der Waals surface area contributed by atoms with Gasteiger partial charge in [0.15, 0.2) is 0 Å². The van der Waals surface area contributed by atoms with Crippen molar-refractivity contribution < 1.29 is 0 Å². The van der Waals surface area contributed by atoms with Crippen molar-refractivity contribution in [1.82, 2.24) is 15.3 Å². The standard InChI is InChI=1S/C12H15N3/c1-2-10(13-4-1)6-9-7-12-11(15-8-9)3-5-14-12/h3,5,7-8,10,13-14H,1-2,4,6H2. The van der Waals surface area contributed by atoms with E-state index in [4.69, 9.17) is 0 Å². The first-order valence-electron chi connectivity index (χ1n) is 5.57. The molecule has 1 unspecified atom stereocenters. The summed E-state index contributed by atoms with van der Waals surface area (Å²) in [6, 6.07) is 4.87. The zero-order valence-corrected chi connectivity index (χ0v) is 8.66. The minimum atomic E-state index is 0.652. The van der Waals surface area contributed by atoms with Gasteiger partial charge in [-0.3, -0.25) is 4.98 Å². The van der Waals surface area contributed by atoms with Crippen molar-refractivity contribution >= 4 is 11.0 Å². The lowest BCUT2D eigenvalue weighted by molar-refractivity contribution is 0.602. The van der Waals surface area contributed by atoms with Gasteiger partial charge in [0.2, 0.25) is 0 Å². The smallest absolute Gasteiger partial charge is 0.0878 e. The van der Waals surface area contributed by atoms with Crippen LogP contribution in [0.3, 0.4) is 0 Å². The van der Waals surface area contributed by atoms with Crippen molar-refractivity contribution in [3.05, 3.63) is 30.1 Å². The number of hydrogen-bond acceptors (Lipinski definition) is 2. The number of hydrogen-bond donors (Lipinski definition) is 2. The first kappa shape index (κ1) is 8.92. The minimum Gasteiger partial charge on any atom is -0.360 e. The highest BCUT2D eigenvalue weighted by molar-refractivity contribution is 5.75. The number of H-pyrrole nitrogens is 1. The fraction of sp³-hybridized carbons (Fsp3) is 0.417. The molecule has 0 aromatic carbocycles. The average Bonchev–Trinajstić information content (AvgIpc) is 2.87. The Morgan fingerprint density at radius 2 is 2.47 bits per heavy atom. The van der Waals surface area contributed by atoms with Crippen LogP contribution in [0.15, 0.2) is 24.5 Å². The zero-order valence-electron chi connectivity index (χ0n) is 8.66. The molecule has 1 fully saturated rings. The van der Waals surface area contributed by atoms with E-state index in [1.54, 1.807) is 0 Å². The van der Waals surface area contributed by atoms with E-state index in [1.807, 2.05) is 18.5 Å². The summed E-state index contributed by atoms with van der Waals surface area (Å²) in [6.45, 7) is 1.17. The number of fused-ring (bicyclic) bond motifs is 1. The third-order valence-corrected chi connectivity index (χ3v) is 3.10. The monoisotopic (exact) mass is 201 g/mol. The molecule has 1 aliphatic heterocycles. The van der Waals surface area contributed by atoms with Crippen molar-refractivity contribution in [2.45, 2.75) is 25.3 Å². The van der Waals surface area contributed by atoms with Gasteiger partial charge < -0.3 is 10.3 Å². The highest BCUT2D eigenvalue weighted by Crippen LogP contribution is 2.15. The lowest BCUT2D eigenvalue weighted by atomic mass is 10.1. The third kappa shape index (κ3) is 1.75. The minimum absolute atomic E-state index is 0.652. The number of aromatic amines is 1. The summed E-state index contributed by atoms with van der Waals surface area (Å²) in [6.07, 6.45) is 7.64. The Morgan fingerprint density at radius 1 is 1.47 bits per heavy atom. The fourth-order valence-corrected chi connectivity index (χ4v) is 2.30. The molecule has 2 aromatic rings. The molecule has 1 atom stereocenters. The summed E-state index contributed by atoms with van der Waals surface area (Å²) < 4.78 is 0. The molecule has 2 N–H and O–H groups in total. The predicted octanol–water partition coefficient (Wildman–Crippen LogP) is 1.86. The molecule has 15 heavy (non-hydrogen) atoms. The fourth-order valence-electron chi connectivity index (χ4n) is 2.30. The number of aromatic nitrogens is 2. The molecule has 2 aromatic heterocycles. The van der Waals surface area contributed by atoms with Gasteiger partial charge in [-0.2, -0.15) is 0 Å². The van der Waals surface area contributed by atoms with Crippen LogP contribution in [0, 0.1) is 0 Å². The van der Waals surface area contributed by atoms with Crippen LogP contribution in [0.2, 0.25) is 0 Å². The molecular weight excluding hydrogens is 186 g/mol. The molecule has 0 radical (unpaired) electrons. The first-order valence-corrected chi connectivity index (χ1v) is 5.57. The van der Waals surface area contributed by atoms with Gasteiger partial charge >= 0.3 is 0 Å². The maximum absolute atomic E-state index is 4.42. The summed E-state index contributed by atoms with van der Waals surface area (Å²) in [5.41, 5.74) is 3.52. The van der Waals surface area contributed by atoms with Crippen LogP contribution in [-0.2, 0) is 6.42 Å². The SMILES string of the molecule is c1cc2ncc(CC3CCCN3)cc2[nH]1. The molecule has 1 aliphatic rings. The largest absolute Gasteiger partial charge is 0.360 e. The van der Waals surface area contributed by atoms with E-state index in [-0.39, 0.29) is 0 Å². The molecular formula is C12H15N3. The summed E-state index contributed by atoms with van der Waals surface area (Å²) in [4.78, 5) is 7.63. The molecule has 3 nitrogen and oxygen atoms in total. The van der Waals surface area contributed by atoms with Crippen molar-refractivity contribution in [1.29, 1.82) is 0 Å². The first-order chi connectivity index (χ1) is 7.42. The Labute approximate surface area is 88.9 Å². The molecule has 0 spiro atoms. The van der Waals surface area contributed by atoms with Crippen LogP contribution >= 0.6 is 0 Å². The lowest BCUT2D eigenvalue weighted by Crippen LogP contribution is -2.23. The van der Waals surface area contributed by atoms with E-state index in [0.717, 1.165) is 17.5 Å². The molecule has 3 heteroatoms. The van der Waals surface area contributed by atoms with Crippen LogP contribution in [0.4, 0.5) is 0 Å². The summed E-state index contributed by atoms with van der Waals surface area (Å²) in [7, 11) is 0. The normalized spacial score (nSPS) is 21.2. The molecule has 3 rings (SSSR count). The Morgan fingerprint density at radius 3 is 3.33 bits per heavy atom. The van der Waals surface area contributed by atoms with E-state index in [0.29, 0.717) is 6.04 Å². The average molecular weight is 201 g/mol. The summed E-state index contributed by atoms with van der Waals surface area (Å²) in [5.74, 6) is 0. The Balaban J connectivity index is 1.84. The maximum Gasteiger partial charge on any atom is 0.0878 e. The zero-order chi connectivity index (χ0) is 10.1. The van der Waals surface area contributed by atoms with Gasteiger partial charge in [0.1, 0.15) is 0 Å². The van der Waals surface area contributed by atoms with Crippen molar-refractivity contribution in [3.8, 4) is 0 Å². The number of rotatable bonds is 2. The number of nitrogens with zero attached hydrogens (tertiary/aromatic N) is 1. The molecule has 3 heterocycles. The summed E-state index contributed by atoms with van der Waals surface area (Å²) >= 11 is 0. The van der Waals surface area contributed by atoms with Gasteiger partial charge in [-0.05, 0) is 43.5 Å². The second-order valence-electron chi connectivity index (χ2n) is 4.25. The summed E-state index contributed by atoms with van der Waals surface area (Å²) in [5, 5.41) is 3.51. The Bertz CT molecular complexity index is 455. The van der Waals surface area contributed by atoms with Crippen LogP contribution in [0.5, 0.6) is 0 Å². The molecule has 0 saturated carbocycles. The van der Waals surface area contributed by atoms with Crippen LogP contribution < -0.4 is 5.32 Å². The maximum atomic E-state index is 4.42. The third-order valence-electron chi connectivity index (χ3n) is 3.10. The van der Waals surface area contributed by atoms with Gasteiger partial charge in [0, 0.05) is 18.4 Å². The molecule has 0 bridgehead atoms. The second-order valence-corrected chi connectivity index (χ2v) is 4.25. The van der Waals surface area contributed by atoms with E-state index in [2.05, 4.69) is 21.4 Å².